The van der Waals surface area contributed by atoms with Crippen LogP contribution in [-0.4, -0.2) is 61.4 Å². The molecule has 1 amide bonds. The van der Waals surface area contributed by atoms with E-state index in [2.05, 4.69) is 0 Å². The van der Waals surface area contributed by atoms with E-state index >= 15 is 0 Å². The number of primary amides is 1. The molecule has 0 radical (unpaired) electrons. The molecule has 110 valence electrons. The third-order valence-electron chi connectivity index (χ3n) is 3.38. The molecule has 0 aromatic carbocycles. The maximum absolute atomic E-state index is 11.6. The van der Waals surface area contributed by atoms with Gasteiger partial charge in [0.05, 0.1) is 17.4 Å². The van der Waals surface area contributed by atoms with Gasteiger partial charge in [-0.05, 0) is 5.92 Å². The standard InChI is InChI=1S/C11H20N2O5S/c1-8-6-13(7-9(8)11(15)16)3-5-19(17,18)4-2-10(12)14/h8-9H,2-7H2,1H3,(H2,12,14)(H,15,16)/t8-,9-/m1/s1. The lowest BCUT2D eigenvalue weighted by Gasteiger charge is -2.14. The highest BCUT2D eigenvalue weighted by atomic mass is 32.2. The molecule has 1 aliphatic heterocycles. The van der Waals surface area contributed by atoms with E-state index in [0.29, 0.717) is 19.6 Å². The Morgan fingerprint density at radius 1 is 1.32 bits per heavy atom. The molecule has 8 heteroatoms. The van der Waals surface area contributed by atoms with Crippen molar-refractivity contribution in [3.63, 3.8) is 0 Å². The normalized spacial score (nSPS) is 24.5. The fourth-order valence-electron chi connectivity index (χ4n) is 2.20. The van der Waals surface area contributed by atoms with Crippen molar-refractivity contribution in [2.45, 2.75) is 13.3 Å². The summed E-state index contributed by atoms with van der Waals surface area (Å²) < 4.78 is 23.3. The van der Waals surface area contributed by atoms with Crippen molar-refractivity contribution in [1.82, 2.24) is 4.90 Å². The first kappa shape index (κ1) is 15.9. The Labute approximate surface area is 112 Å². The Kier molecular flexibility index (Phi) is 5.30. The number of carboxylic acids is 1. The molecular weight excluding hydrogens is 272 g/mol. The van der Waals surface area contributed by atoms with Gasteiger partial charge >= 0.3 is 5.97 Å². The van der Waals surface area contributed by atoms with Crippen LogP contribution in [0.3, 0.4) is 0 Å². The average molecular weight is 292 g/mol. The van der Waals surface area contributed by atoms with E-state index < -0.39 is 27.6 Å². The van der Waals surface area contributed by atoms with Gasteiger partial charge in [-0.2, -0.15) is 0 Å². The number of carbonyl (C=O) groups is 2. The lowest BCUT2D eigenvalue weighted by Crippen LogP contribution is -2.30. The van der Waals surface area contributed by atoms with Crippen LogP contribution in [0, 0.1) is 11.8 Å². The SMILES string of the molecule is C[C@@H]1CN(CCS(=O)(=O)CCC(N)=O)C[C@H]1C(=O)O. The van der Waals surface area contributed by atoms with Crippen molar-refractivity contribution in [1.29, 1.82) is 0 Å². The Hall–Kier alpha value is -1.15. The first-order valence-electron chi connectivity index (χ1n) is 6.15. The second-order valence-corrected chi connectivity index (χ2v) is 7.35. The van der Waals surface area contributed by atoms with Crippen LogP contribution in [0.4, 0.5) is 0 Å². The molecule has 3 N–H and O–H groups in total. The molecule has 0 bridgehead atoms. The molecule has 0 aromatic heterocycles. The van der Waals surface area contributed by atoms with Crippen molar-refractivity contribution < 1.29 is 23.1 Å². The number of amides is 1. The van der Waals surface area contributed by atoms with Crippen molar-refractivity contribution >= 4 is 21.7 Å². The number of aliphatic carboxylic acids is 1. The molecular formula is C11H20N2O5S. The average Bonchev–Trinajstić information content (AvgIpc) is 2.66. The molecule has 1 aliphatic rings. The summed E-state index contributed by atoms with van der Waals surface area (Å²) in [7, 11) is -3.31. The van der Waals surface area contributed by atoms with Gasteiger partial charge in [0.1, 0.15) is 0 Å². The van der Waals surface area contributed by atoms with Crippen molar-refractivity contribution in [3.05, 3.63) is 0 Å². The monoisotopic (exact) mass is 292 g/mol. The van der Waals surface area contributed by atoms with Crippen LogP contribution >= 0.6 is 0 Å². The Bertz CT molecular complexity index is 448. The first-order chi connectivity index (χ1) is 8.71. The summed E-state index contributed by atoms with van der Waals surface area (Å²) in [6.07, 6.45) is -0.170. The van der Waals surface area contributed by atoms with Crippen molar-refractivity contribution in [3.8, 4) is 0 Å². The third-order valence-corrected chi connectivity index (χ3v) is 5.01. The van der Waals surface area contributed by atoms with Crippen LogP contribution < -0.4 is 5.73 Å². The molecule has 1 saturated heterocycles. The van der Waals surface area contributed by atoms with Gasteiger partial charge in [0.2, 0.25) is 5.91 Å². The molecule has 2 atom stereocenters. The van der Waals surface area contributed by atoms with E-state index in [1.54, 1.807) is 0 Å². The van der Waals surface area contributed by atoms with Gasteiger partial charge in [-0.25, -0.2) is 8.42 Å². The van der Waals surface area contributed by atoms with Gasteiger partial charge in [0.15, 0.2) is 9.84 Å². The predicted octanol–water partition coefficient (Wildman–Crippen LogP) is -1.07. The van der Waals surface area contributed by atoms with Gasteiger partial charge in [-0.15, -0.1) is 0 Å². The number of carboxylic acid groups (broad SMARTS) is 1. The smallest absolute Gasteiger partial charge is 0.308 e. The number of nitrogens with two attached hydrogens (primary N) is 1. The summed E-state index contributed by atoms with van der Waals surface area (Å²) in [6, 6.07) is 0. The van der Waals surface area contributed by atoms with Crippen LogP contribution in [0.1, 0.15) is 13.3 Å². The molecule has 0 spiro atoms. The molecule has 0 aromatic rings. The number of hydrogen-bond acceptors (Lipinski definition) is 5. The summed E-state index contributed by atoms with van der Waals surface area (Å²) in [5, 5.41) is 8.98. The molecule has 1 heterocycles. The van der Waals surface area contributed by atoms with Gasteiger partial charge in [-0.1, -0.05) is 6.92 Å². The zero-order valence-electron chi connectivity index (χ0n) is 10.9. The molecule has 7 nitrogen and oxygen atoms in total. The second kappa shape index (κ2) is 6.33. The van der Waals surface area contributed by atoms with Crippen LogP contribution in [0.5, 0.6) is 0 Å². The highest BCUT2D eigenvalue weighted by Gasteiger charge is 2.34. The van der Waals surface area contributed by atoms with E-state index in [1.807, 2.05) is 11.8 Å². The summed E-state index contributed by atoms with van der Waals surface area (Å²) in [4.78, 5) is 23.3. The van der Waals surface area contributed by atoms with E-state index in [0.717, 1.165) is 0 Å². The summed E-state index contributed by atoms with van der Waals surface area (Å²) in [5.41, 5.74) is 4.91. The first-order valence-corrected chi connectivity index (χ1v) is 7.97. The van der Waals surface area contributed by atoms with E-state index in [9.17, 15) is 18.0 Å². The molecule has 1 rings (SSSR count). The number of carbonyl (C=O) groups excluding carboxylic acids is 1. The highest BCUT2D eigenvalue weighted by molar-refractivity contribution is 7.91. The van der Waals surface area contributed by atoms with E-state index in [-0.39, 0.29) is 23.8 Å². The molecule has 19 heavy (non-hydrogen) atoms. The minimum absolute atomic E-state index is 0.0193. The minimum atomic E-state index is -3.31. The zero-order chi connectivity index (χ0) is 14.6. The Morgan fingerprint density at radius 2 is 1.95 bits per heavy atom. The maximum atomic E-state index is 11.6. The predicted molar refractivity (Wildman–Crippen MR) is 69.2 cm³/mol. The van der Waals surface area contributed by atoms with Crippen LogP contribution in [0.15, 0.2) is 0 Å². The lowest BCUT2D eigenvalue weighted by atomic mass is 9.99. The fourth-order valence-corrected chi connectivity index (χ4v) is 3.45. The molecule has 1 fully saturated rings. The topological polar surface area (TPSA) is 118 Å². The van der Waals surface area contributed by atoms with Crippen LogP contribution in [0.25, 0.3) is 0 Å². The largest absolute Gasteiger partial charge is 0.481 e. The number of nitrogens with zero attached hydrogens (tertiary/aromatic N) is 1. The van der Waals surface area contributed by atoms with Gasteiger partial charge in [0.25, 0.3) is 0 Å². The number of rotatable bonds is 7. The maximum Gasteiger partial charge on any atom is 0.308 e. The Morgan fingerprint density at radius 3 is 2.42 bits per heavy atom. The third kappa shape index (κ3) is 5.15. The minimum Gasteiger partial charge on any atom is -0.481 e. The molecule has 0 aliphatic carbocycles. The van der Waals surface area contributed by atoms with Crippen LogP contribution in [-0.2, 0) is 19.4 Å². The van der Waals surface area contributed by atoms with Gasteiger partial charge < -0.3 is 15.7 Å². The van der Waals surface area contributed by atoms with Gasteiger partial charge in [0, 0.05) is 26.1 Å². The Balaban J connectivity index is 2.41. The quantitative estimate of drug-likeness (QED) is 0.617. The van der Waals surface area contributed by atoms with Gasteiger partial charge in [-0.3, -0.25) is 9.59 Å². The summed E-state index contributed by atoms with van der Waals surface area (Å²) in [5.74, 6) is -2.21. The number of hydrogen-bond donors (Lipinski definition) is 2. The van der Waals surface area contributed by atoms with Crippen LogP contribution in [0.2, 0.25) is 0 Å². The second-order valence-electron chi connectivity index (χ2n) is 5.05. The summed E-state index contributed by atoms with van der Waals surface area (Å²) >= 11 is 0. The number of likely N-dealkylation sites (tertiary alicyclic amines) is 1. The van der Waals surface area contributed by atoms with Crippen molar-refractivity contribution in [2.24, 2.45) is 17.6 Å². The van der Waals surface area contributed by atoms with E-state index in [1.165, 1.54) is 0 Å². The van der Waals surface area contributed by atoms with Crippen molar-refractivity contribution in [2.75, 3.05) is 31.1 Å². The molecule has 0 saturated carbocycles. The molecule has 0 unspecified atom stereocenters. The van der Waals surface area contributed by atoms with E-state index in [4.69, 9.17) is 10.8 Å². The fraction of sp³-hybridized carbons (Fsp3) is 0.818. The highest BCUT2D eigenvalue weighted by Crippen LogP contribution is 2.22. The zero-order valence-corrected chi connectivity index (χ0v) is 11.7. The number of sulfone groups is 1. The lowest BCUT2D eigenvalue weighted by molar-refractivity contribution is -0.142. The summed E-state index contributed by atoms with van der Waals surface area (Å²) in [6.45, 7) is 3.11.